The van der Waals surface area contributed by atoms with Gasteiger partial charge in [0.05, 0.1) is 10.6 Å². The van der Waals surface area contributed by atoms with Crippen molar-refractivity contribution >= 4 is 21.6 Å². The number of hydrogen-bond donors (Lipinski definition) is 1. The summed E-state index contributed by atoms with van der Waals surface area (Å²) >= 11 is 3.49. The highest BCUT2D eigenvalue weighted by Crippen LogP contribution is 2.32. The lowest BCUT2D eigenvalue weighted by molar-refractivity contribution is 0.128. The lowest BCUT2D eigenvalue weighted by Gasteiger charge is -2.27. The Hall–Kier alpha value is -0.700. The Balaban J connectivity index is 2.05. The highest BCUT2D eigenvalue weighted by Gasteiger charge is 2.20. The molecule has 2 rings (SSSR count). The maximum absolute atomic E-state index is 6.01. The highest BCUT2D eigenvalue weighted by atomic mass is 79.9. The summed E-state index contributed by atoms with van der Waals surface area (Å²) in [5.74, 6) is 1.65. The van der Waals surface area contributed by atoms with Gasteiger partial charge in [-0.15, -0.1) is 0 Å². The summed E-state index contributed by atoms with van der Waals surface area (Å²) in [5, 5.41) is 0. The van der Waals surface area contributed by atoms with E-state index in [4.69, 9.17) is 10.5 Å². The van der Waals surface area contributed by atoms with E-state index in [-0.39, 0.29) is 0 Å². The molecule has 3 heteroatoms. The van der Waals surface area contributed by atoms with Crippen LogP contribution in [0.1, 0.15) is 32.6 Å². The van der Waals surface area contributed by atoms with Crippen molar-refractivity contribution in [3.8, 4) is 5.75 Å². The van der Waals surface area contributed by atoms with Crippen molar-refractivity contribution in [2.75, 3.05) is 5.73 Å². The molecule has 0 aromatic heterocycles. The van der Waals surface area contributed by atoms with Gasteiger partial charge in [0.15, 0.2) is 0 Å². The molecule has 2 unspecified atom stereocenters. The van der Waals surface area contributed by atoms with Crippen molar-refractivity contribution in [1.29, 1.82) is 0 Å². The second-order valence-electron chi connectivity index (χ2n) is 4.70. The Bertz CT molecular complexity index is 367. The van der Waals surface area contributed by atoms with Crippen molar-refractivity contribution in [1.82, 2.24) is 0 Å². The van der Waals surface area contributed by atoms with Crippen molar-refractivity contribution < 1.29 is 4.74 Å². The summed E-state index contributed by atoms with van der Waals surface area (Å²) in [6.07, 6.45) is 5.26. The summed E-state index contributed by atoms with van der Waals surface area (Å²) in [7, 11) is 0. The molecule has 0 saturated heterocycles. The molecular weight excluding hydrogens is 266 g/mol. The Morgan fingerprint density at radius 2 is 2.19 bits per heavy atom. The maximum Gasteiger partial charge on any atom is 0.135 e. The smallest absolute Gasteiger partial charge is 0.135 e. The van der Waals surface area contributed by atoms with Gasteiger partial charge in [-0.25, -0.2) is 0 Å². The minimum Gasteiger partial charge on any atom is -0.489 e. The monoisotopic (exact) mass is 283 g/mol. The average Bonchev–Trinajstić information content (AvgIpc) is 2.24. The molecule has 0 amide bonds. The van der Waals surface area contributed by atoms with Crippen LogP contribution in [0.4, 0.5) is 5.69 Å². The van der Waals surface area contributed by atoms with Crippen molar-refractivity contribution in [2.24, 2.45) is 5.92 Å². The number of benzene rings is 1. The molecule has 1 aliphatic carbocycles. The van der Waals surface area contributed by atoms with E-state index in [2.05, 4.69) is 22.9 Å². The predicted octanol–water partition coefficient (Wildman–Crippen LogP) is 3.99. The van der Waals surface area contributed by atoms with Crippen LogP contribution in [0.3, 0.4) is 0 Å². The zero-order chi connectivity index (χ0) is 11.5. The highest BCUT2D eigenvalue weighted by molar-refractivity contribution is 9.10. The first kappa shape index (κ1) is 11.8. The van der Waals surface area contributed by atoms with Gasteiger partial charge >= 0.3 is 0 Å². The Morgan fingerprint density at radius 1 is 1.38 bits per heavy atom. The Labute approximate surface area is 105 Å². The van der Waals surface area contributed by atoms with Crippen LogP contribution in [0.15, 0.2) is 22.7 Å². The van der Waals surface area contributed by atoms with Crippen LogP contribution < -0.4 is 10.5 Å². The fourth-order valence-corrected chi connectivity index (χ4v) is 2.62. The molecule has 1 aliphatic rings. The van der Waals surface area contributed by atoms with Gasteiger partial charge in [-0.3, -0.25) is 0 Å². The van der Waals surface area contributed by atoms with Crippen LogP contribution in [0.2, 0.25) is 0 Å². The molecule has 0 radical (unpaired) electrons. The molecular formula is C13H18BrNO. The quantitative estimate of drug-likeness (QED) is 0.833. The Kier molecular flexibility index (Phi) is 3.74. The van der Waals surface area contributed by atoms with Crippen LogP contribution in [-0.2, 0) is 0 Å². The van der Waals surface area contributed by atoms with E-state index >= 15 is 0 Å². The van der Waals surface area contributed by atoms with E-state index in [1.807, 2.05) is 18.2 Å². The average molecular weight is 284 g/mol. The molecule has 16 heavy (non-hydrogen) atoms. The zero-order valence-electron chi connectivity index (χ0n) is 9.58. The lowest BCUT2D eigenvalue weighted by atomic mass is 9.89. The van der Waals surface area contributed by atoms with Gasteiger partial charge in [0.25, 0.3) is 0 Å². The largest absolute Gasteiger partial charge is 0.489 e. The number of nitrogen functional groups attached to an aromatic ring is 1. The van der Waals surface area contributed by atoms with Crippen molar-refractivity contribution in [3.63, 3.8) is 0 Å². The standard InChI is InChI=1S/C13H18BrNO/c1-9-3-2-4-11(7-9)16-13-8-10(15)5-6-12(13)14/h5-6,8-9,11H,2-4,7,15H2,1H3. The molecule has 1 saturated carbocycles. The number of halogens is 1. The van der Waals surface area contributed by atoms with Gasteiger partial charge in [0.2, 0.25) is 0 Å². The first-order valence-electron chi connectivity index (χ1n) is 5.87. The number of rotatable bonds is 2. The molecule has 2 N–H and O–H groups in total. The molecule has 1 aromatic rings. The predicted molar refractivity (Wildman–Crippen MR) is 70.6 cm³/mol. The number of anilines is 1. The third-order valence-electron chi connectivity index (χ3n) is 3.14. The summed E-state index contributed by atoms with van der Waals surface area (Å²) in [6, 6.07) is 5.71. The van der Waals surface area contributed by atoms with Crippen LogP contribution in [0, 0.1) is 5.92 Å². The normalized spacial score (nSPS) is 25.4. The minimum atomic E-state index is 0.349. The third kappa shape index (κ3) is 2.91. The fraction of sp³-hybridized carbons (Fsp3) is 0.538. The molecule has 2 atom stereocenters. The molecule has 0 spiro atoms. The van der Waals surface area contributed by atoms with Gasteiger partial charge in [0.1, 0.15) is 5.75 Å². The topological polar surface area (TPSA) is 35.2 Å². The first-order chi connectivity index (χ1) is 7.65. The van der Waals surface area contributed by atoms with Crippen LogP contribution in [-0.4, -0.2) is 6.10 Å². The molecule has 2 nitrogen and oxygen atoms in total. The number of ether oxygens (including phenoxy) is 1. The second-order valence-corrected chi connectivity index (χ2v) is 5.56. The fourth-order valence-electron chi connectivity index (χ4n) is 2.28. The molecule has 0 heterocycles. The van der Waals surface area contributed by atoms with Crippen LogP contribution in [0.5, 0.6) is 5.75 Å². The summed E-state index contributed by atoms with van der Waals surface area (Å²) < 4.78 is 7.00. The maximum atomic E-state index is 6.01. The van der Waals surface area contributed by atoms with Gasteiger partial charge in [0, 0.05) is 11.8 Å². The SMILES string of the molecule is CC1CCCC(Oc2cc(N)ccc2Br)C1. The van der Waals surface area contributed by atoms with Crippen molar-refractivity contribution in [2.45, 2.75) is 38.7 Å². The van der Waals surface area contributed by atoms with Gasteiger partial charge in [-0.2, -0.15) is 0 Å². The summed E-state index contributed by atoms with van der Waals surface area (Å²) in [6.45, 7) is 2.30. The van der Waals surface area contributed by atoms with E-state index in [9.17, 15) is 0 Å². The molecule has 1 fully saturated rings. The number of nitrogens with two attached hydrogens (primary N) is 1. The first-order valence-corrected chi connectivity index (χ1v) is 6.66. The van der Waals surface area contributed by atoms with Crippen molar-refractivity contribution in [3.05, 3.63) is 22.7 Å². The molecule has 88 valence electrons. The Morgan fingerprint density at radius 3 is 2.94 bits per heavy atom. The third-order valence-corrected chi connectivity index (χ3v) is 3.79. The van der Waals surface area contributed by atoms with E-state index in [1.165, 1.54) is 12.8 Å². The molecule has 0 aliphatic heterocycles. The number of hydrogen-bond acceptors (Lipinski definition) is 2. The molecule has 1 aromatic carbocycles. The van der Waals surface area contributed by atoms with E-state index in [1.54, 1.807) is 0 Å². The van der Waals surface area contributed by atoms with Crippen LogP contribution in [0.25, 0.3) is 0 Å². The minimum absolute atomic E-state index is 0.349. The second kappa shape index (κ2) is 5.09. The van der Waals surface area contributed by atoms with E-state index < -0.39 is 0 Å². The lowest BCUT2D eigenvalue weighted by Crippen LogP contribution is -2.24. The zero-order valence-corrected chi connectivity index (χ0v) is 11.2. The molecule has 0 bridgehead atoms. The van der Waals surface area contributed by atoms with E-state index in [0.717, 1.165) is 34.7 Å². The van der Waals surface area contributed by atoms with Gasteiger partial charge in [-0.1, -0.05) is 13.3 Å². The van der Waals surface area contributed by atoms with Crippen LogP contribution >= 0.6 is 15.9 Å². The summed E-state index contributed by atoms with van der Waals surface area (Å²) in [4.78, 5) is 0. The van der Waals surface area contributed by atoms with E-state index in [0.29, 0.717) is 6.10 Å². The van der Waals surface area contributed by atoms with Gasteiger partial charge in [-0.05, 0) is 53.2 Å². The van der Waals surface area contributed by atoms with Gasteiger partial charge < -0.3 is 10.5 Å². The summed E-state index contributed by atoms with van der Waals surface area (Å²) in [5.41, 5.74) is 6.51.